The van der Waals surface area contributed by atoms with E-state index < -0.39 is 0 Å². The van der Waals surface area contributed by atoms with Crippen LogP contribution in [0.4, 0.5) is 0 Å². The molecule has 1 heterocycles. The minimum absolute atomic E-state index is 0.0324. The first-order chi connectivity index (χ1) is 10.7. The molecule has 1 aromatic carbocycles. The molecule has 118 valence electrons. The highest BCUT2D eigenvalue weighted by atomic mass is 16.2. The molecule has 0 bridgehead atoms. The number of nitrogens with one attached hydrogen (secondary N) is 1. The van der Waals surface area contributed by atoms with Crippen molar-refractivity contribution in [2.75, 3.05) is 13.1 Å². The van der Waals surface area contributed by atoms with Crippen LogP contribution in [-0.2, 0) is 9.59 Å². The molecule has 1 atom stereocenters. The molecule has 1 saturated heterocycles. The SMILES string of the molecule is O=C1C[C@@H](c2ccccc2)N(C(=O)CC2CCCC2)CCN1. The van der Waals surface area contributed by atoms with Crippen molar-refractivity contribution in [2.24, 2.45) is 5.92 Å². The zero-order valence-corrected chi connectivity index (χ0v) is 13.0. The molecular formula is C18H24N2O2. The molecule has 1 aliphatic carbocycles. The lowest BCUT2D eigenvalue weighted by atomic mass is 9.99. The number of amides is 2. The van der Waals surface area contributed by atoms with Crippen LogP contribution in [0, 0.1) is 5.92 Å². The van der Waals surface area contributed by atoms with Gasteiger partial charge in [-0.25, -0.2) is 0 Å². The quantitative estimate of drug-likeness (QED) is 0.933. The molecule has 0 radical (unpaired) electrons. The molecule has 3 rings (SSSR count). The molecule has 0 unspecified atom stereocenters. The predicted octanol–water partition coefficient (Wildman–Crippen LogP) is 2.66. The van der Waals surface area contributed by atoms with Crippen molar-refractivity contribution in [2.45, 2.75) is 44.6 Å². The van der Waals surface area contributed by atoms with Gasteiger partial charge < -0.3 is 10.2 Å². The number of carbonyl (C=O) groups is 2. The largest absolute Gasteiger partial charge is 0.354 e. The Balaban J connectivity index is 1.78. The molecule has 1 N–H and O–H groups in total. The topological polar surface area (TPSA) is 49.4 Å². The van der Waals surface area contributed by atoms with Crippen LogP contribution in [0.25, 0.3) is 0 Å². The molecule has 1 saturated carbocycles. The van der Waals surface area contributed by atoms with Gasteiger partial charge in [-0.2, -0.15) is 0 Å². The third-order valence-corrected chi connectivity index (χ3v) is 4.87. The van der Waals surface area contributed by atoms with E-state index in [4.69, 9.17) is 0 Å². The summed E-state index contributed by atoms with van der Waals surface area (Å²) in [5.74, 6) is 0.776. The van der Waals surface area contributed by atoms with Gasteiger partial charge in [0, 0.05) is 19.5 Å². The van der Waals surface area contributed by atoms with Gasteiger partial charge in [-0.1, -0.05) is 43.2 Å². The van der Waals surface area contributed by atoms with Crippen molar-refractivity contribution >= 4 is 11.8 Å². The fourth-order valence-electron chi connectivity index (χ4n) is 3.68. The molecule has 22 heavy (non-hydrogen) atoms. The Morgan fingerprint density at radius 1 is 1.18 bits per heavy atom. The number of benzene rings is 1. The molecule has 2 fully saturated rings. The lowest BCUT2D eigenvalue weighted by Gasteiger charge is -2.30. The van der Waals surface area contributed by atoms with Crippen LogP contribution in [0.15, 0.2) is 30.3 Å². The Hall–Kier alpha value is -1.84. The Bertz CT molecular complexity index is 523. The van der Waals surface area contributed by atoms with Crippen molar-refractivity contribution in [1.82, 2.24) is 10.2 Å². The number of carbonyl (C=O) groups excluding carboxylic acids is 2. The predicted molar refractivity (Wildman–Crippen MR) is 85.1 cm³/mol. The minimum Gasteiger partial charge on any atom is -0.354 e. The van der Waals surface area contributed by atoms with Crippen LogP contribution in [0.5, 0.6) is 0 Å². The van der Waals surface area contributed by atoms with Crippen LogP contribution >= 0.6 is 0 Å². The van der Waals surface area contributed by atoms with E-state index in [-0.39, 0.29) is 17.9 Å². The van der Waals surface area contributed by atoms with Gasteiger partial charge in [0.05, 0.1) is 12.5 Å². The maximum Gasteiger partial charge on any atom is 0.223 e. The van der Waals surface area contributed by atoms with Gasteiger partial charge in [-0.3, -0.25) is 9.59 Å². The summed E-state index contributed by atoms with van der Waals surface area (Å²) in [6.45, 7) is 1.16. The average molecular weight is 300 g/mol. The van der Waals surface area contributed by atoms with Crippen LogP contribution in [0.2, 0.25) is 0 Å². The molecular weight excluding hydrogens is 276 g/mol. The molecule has 0 aromatic heterocycles. The van der Waals surface area contributed by atoms with E-state index in [1.807, 2.05) is 35.2 Å². The zero-order valence-electron chi connectivity index (χ0n) is 13.0. The Labute approximate surface area is 131 Å². The lowest BCUT2D eigenvalue weighted by molar-refractivity contribution is -0.134. The summed E-state index contributed by atoms with van der Waals surface area (Å²) in [5, 5.41) is 2.89. The lowest BCUT2D eigenvalue weighted by Crippen LogP contribution is -2.37. The highest BCUT2D eigenvalue weighted by Gasteiger charge is 2.31. The van der Waals surface area contributed by atoms with E-state index >= 15 is 0 Å². The van der Waals surface area contributed by atoms with Gasteiger partial charge in [-0.05, 0) is 24.3 Å². The summed E-state index contributed by atoms with van der Waals surface area (Å²) in [6, 6.07) is 9.80. The van der Waals surface area contributed by atoms with E-state index in [1.54, 1.807) is 0 Å². The Morgan fingerprint density at radius 2 is 1.91 bits per heavy atom. The number of nitrogens with zero attached hydrogens (tertiary/aromatic N) is 1. The fraction of sp³-hybridized carbons (Fsp3) is 0.556. The Morgan fingerprint density at radius 3 is 2.64 bits per heavy atom. The van der Waals surface area contributed by atoms with Crippen molar-refractivity contribution in [3.63, 3.8) is 0 Å². The third kappa shape index (κ3) is 3.49. The maximum atomic E-state index is 12.8. The van der Waals surface area contributed by atoms with E-state index in [1.165, 1.54) is 25.7 Å². The van der Waals surface area contributed by atoms with Crippen LogP contribution < -0.4 is 5.32 Å². The smallest absolute Gasteiger partial charge is 0.223 e. The first-order valence-electron chi connectivity index (χ1n) is 8.35. The van der Waals surface area contributed by atoms with Gasteiger partial charge in [0.2, 0.25) is 11.8 Å². The van der Waals surface area contributed by atoms with Crippen molar-refractivity contribution in [3.05, 3.63) is 35.9 Å². The second-order valence-corrected chi connectivity index (χ2v) is 6.42. The minimum atomic E-state index is -0.127. The van der Waals surface area contributed by atoms with Crippen LogP contribution in [0.3, 0.4) is 0 Å². The maximum absolute atomic E-state index is 12.8. The summed E-state index contributed by atoms with van der Waals surface area (Å²) < 4.78 is 0. The first-order valence-corrected chi connectivity index (χ1v) is 8.35. The van der Waals surface area contributed by atoms with Gasteiger partial charge in [-0.15, -0.1) is 0 Å². The van der Waals surface area contributed by atoms with E-state index in [9.17, 15) is 9.59 Å². The van der Waals surface area contributed by atoms with E-state index in [0.29, 0.717) is 31.8 Å². The second-order valence-electron chi connectivity index (χ2n) is 6.42. The fourth-order valence-corrected chi connectivity index (χ4v) is 3.68. The second kappa shape index (κ2) is 6.95. The van der Waals surface area contributed by atoms with E-state index in [2.05, 4.69) is 5.32 Å². The third-order valence-electron chi connectivity index (χ3n) is 4.87. The first kappa shape index (κ1) is 15.1. The highest BCUT2D eigenvalue weighted by Crippen LogP contribution is 2.31. The summed E-state index contributed by atoms with van der Waals surface area (Å²) in [5.41, 5.74) is 1.05. The summed E-state index contributed by atoms with van der Waals surface area (Å²) in [4.78, 5) is 26.6. The molecule has 4 heteroatoms. The standard InChI is InChI=1S/C18H24N2O2/c21-17-13-16(15-8-2-1-3-9-15)20(11-10-19-17)18(22)12-14-6-4-5-7-14/h1-3,8-9,14,16H,4-7,10-13H2,(H,19,21)/t16-/m0/s1. The summed E-state index contributed by atoms with van der Waals surface area (Å²) >= 11 is 0. The number of rotatable bonds is 3. The summed E-state index contributed by atoms with van der Waals surface area (Å²) in [6.07, 6.45) is 5.84. The number of hydrogen-bond acceptors (Lipinski definition) is 2. The molecule has 1 aromatic rings. The monoisotopic (exact) mass is 300 g/mol. The van der Waals surface area contributed by atoms with Crippen LogP contribution in [0.1, 0.15) is 50.1 Å². The Kier molecular flexibility index (Phi) is 4.76. The molecule has 2 amide bonds. The van der Waals surface area contributed by atoms with Gasteiger partial charge >= 0.3 is 0 Å². The van der Waals surface area contributed by atoms with Crippen LogP contribution in [-0.4, -0.2) is 29.8 Å². The van der Waals surface area contributed by atoms with Gasteiger partial charge in [0.25, 0.3) is 0 Å². The molecule has 0 spiro atoms. The highest BCUT2D eigenvalue weighted by molar-refractivity contribution is 5.81. The summed E-state index contributed by atoms with van der Waals surface area (Å²) in [7, 11) is 0. The normalized spacial score (nSPS) is 23.2. The average Bonchev–Trinajstić information content (AvgIpc) is 2.95. The van der Waals surface area contributed by atoms with Crippen molar-refractivity contribution in [3.8, 4) is 0 Å². The molecule has 4 nitrogen and oxygen atoms in total. The molecule has 2 aliphatic rings. The number of hydrogen-bond donors (Lipinski definition) is 1. The molecule has 1 aliphatic heterocycles. The zero-order chi connectivity index (χ0) is 15.4. The van der Waals surface area contributed by atoms with Crippen molar-refractivity contribution < 1.29 is 9.59 Å². The van der Waals surface area contributed by atoms with Gasteiger partial charge in [0.1, 0.15) is 0 Å². The van der Waals surface area contributed by atoms with Gasteiger partial charge in [0.15, 0.2) is 0 Å². The van der Waals surface area contributed by atoms with Crippen molar-refractivity contribution in [1.29, 1.82) is 0 Å². The van der Waals surface area contributed by atoms with E-state index in [0.717, 1.165) is 5.56 Å².